The van der Waals surface area contributed by atoms with Crippen molar-refractivity contribution < 1.29 is 13.5 Å². The molecule has 0 spiro atoms. The van der Waals surface area contributed by atoms with Crippen LogP contribution in [0, 0.1) is 11.6 Å². The molecule has 30 heavy (non-hydrogen) atoms. The van der Waals surface area contributed by atoms with Crippen LogP contribution in [0.1, 0.15) is 11.1 Å². The molecule has 0 bridgehead atoms. The van der Waals surface area contributed by atoms with Gasteiger partial charge in [-0.05, 0) is 47.9 Å². The monoisotopic (exact) mass is 524 g/mol. The number of pyridine rings is 1. The van der Waals surface area contributed by atoms with Crippen molar-refractivity contribution in [3.05, 3.63) is 89.6 Å². The Balaban J connectivity index is 0.00000320. The molecule has 1 aromatic heterocycles. The van der Waals surface area contributed by atoms with Crippen LogP contribution in [0.3, 0.4) is 0 Å². The van der Waals surface area contributed by atoms with E-state index in [4.69, 9.17) is 4.74 Å². The van der Waals surface area contributed by atoms with Crippen LogP contribution in [-0.2, 0) is 13.0 Å². The second-order valence-electron chi connectivity index (χ2n) is 6.25. The molecule has 5 nitrogen and oxygen atoms in total. The van der Waals surface area contributed by atoms with E-state index in [0.29, 0.717) is 42.7 Å². The predicted molar refractivity (Wildman–Crippen MR) is 124 cm³/mol. The normalized spacial score (nSPS) is 10.8. The van der Waals surface area contributed by atoms with Crippen molar-refractivity contribution in [2.45, 2.75) is 13.0 Å². The number of benzene rings is 2. The maximum atomic E-state index is 13.6. The van der Waals surface area contributed by atoms with E-state index in [1.54, 1.807) is 43.6 Å². The Morgan fingerprint density at radius 1 is 1.00 bits per heavy atom. The number of aliphatic imine (C=N–C) groups is 1. The molecule has 2 aromatic carbocycles. The Morgan fingerprint density at radius 3 is 2.43 bits per heavy atom. The fourth-order valence-electron chi connectivity index (χ4n) is 2.62. The molecule has 3 aromatic rings. The van der Waals surface area contributed by atoms with Crippen LogP contribution in [0.15, 0.2) is 71.9 Å². The van der Waals surface area contributed by atoms with Crippen molar-refractivity contribution >= 4 is 29.9 Å². The Kier molecular flexibility index (Phi) is 9.46. The maximum Gasteiger partial charge on any atom is 0.219 e. The zero-order chi connectivity index (χ0) is 20.5. The van der Waals surface area contributed by atoms with Gasteiger partial charge in [-0.25, -0.2) is 13.8 Å². The van der Waals surface area contributed by atoms with E-state index >= 15 is 0 Å². The molecule has 8 heteroatoms. The van der Waals surface area contributed by atoms with E-state index in [0.717, 1.165) is 5.56 Å². The molecule has 0 saturated carbocycles. The summed E-state index contributed by atoms with van der Waals surface area (Å²) in [7, 11) is 1.68. The second-order valence-corrected chi connectivity index (χ2v) is 6.25. The molecule has 0 aliphatic carbocycles. The predicted octanol–water partition coefficient (Wildman–Crippen LogP) is 4.68. The van der Waals surface area contributed by atoms with Crippen molar-refractivity contribution in [1.29, 1.82) is 0 Å². The first kappa shape index (κ1) is 23.5. The molecular formula is C22H23F2IN4O. The topological polar surface area (TPSA) is 58.5 Å². The van der Waals surface area contributed by atoms with Crippen molar-refractivity contribution in [2.75, 3.05) is 13.6 Å². The van der Waals surface area contributed by atoms with Gasteiger partial charge in [0.05, 0.1) is 0 Å². The van der Waals surface area contributed by atoms with Crippen molar-refractivity contribution in [3.63, 3.8) is 0 Å². The van der Waals surface area contributed by atoms with Crippen LogP contribution in [-0.4, -0.2) is 24.5 Å². The maximum absolute atomic E-state index is 13.6. The Hall–Kier alpha value is -2.75. The molecule has 1 heterocycles. The number of aromatic nitrogens is 1. The van der Waals surface area contributed by atoms with Crippen molar-refractivity contribution in [2.24, 2.45) is 4.99 Å². The van der Waals surface area contributed by atoms with E-state index in [9.17, 15) is 8.78 Å². The number of ether oxygens (including phenoxy) is 1. The van der Waals surface area contributed by atoms with Gasteiger partial charge in [-0.1, -0.05) is 24.3 Å². The smallest absolute Gasteiger partial charge is 0.219 e. The standard InChI is InChI=1S/C22H22F2N4O.HI/c1-25-22(26-13-12-17-4-2-3-5-20(17)24)28-15-16-6-11-21(27-14-16)29-19-9-7-18(23)8-10-19;/h2-11,14H,12-13,15H2,1H3,(H2,25,26,28);1H. The van der Waals surface area contributed by atoms with Gasteiger partial charge in [-0.15, -0.1) is 24.0 Å². The van der Waals surface area contributed by atoms with Gasteiger partial charge in [-0.3, -0.25) is 4.99 Å². The molecule has 3 rings (SSSR count). The van der Waals surface area contributed by atoms with Gasteiger partial charge in [0, 0.05) is 32.4 Å². The summed E-state index contributed by atoms with van der Waals surface area (Å²) in [5, 5.41) is 6.35. The summed E-state index contributed by atoms with van der Waals surface area (Å²) in [6.45, 7) is 1.08. The zero-order valence-electron chi connectivity index (χ0n) is 16.4. The summed E-state index contributed by atoms with van der Waals surface area (Å²) in [5.41, 5.74) is 1.60. The molecule has 0 amide bonds. The summed E-state index contributed by atoms with van der Waals surface area (Å²) in [4.78, 5) is 8.42. The fraction of sp³-hybridized carbons (Fsp3) is 0.182. The minimum Gasteiger partial charge on any atom is -0.439 e. The Morgan fingerprint density at radius 2 is 1.77 bits per heavy atom. The second kappa shape index (κ2) is 12.1. The van der Waals surface area contributed by atoms with E-state index < -0.39 is 0 Å². The van der Waals surface area contributed by atoms with Gasteiger partial charge in [0.25, 0.3) is 0 Å². The van der Waals surface area contributed by atoms with Gasteiger partial charge in [0.2, 0.25) is 5.88 Å². The lowest BCUT2D eigenvalue weighted by molar-refractivity contribution is 0.461. The molecule has 0 atom stereocenters. The van der Waals surface area contributed by atoms with Crippen LogP contribution in [0.4, 0.5) is 8.78 Å². The quantitative estimate of drug-likeness (QED) is 0.268. The van der Waals surface area contributed by atoms with E-state index in [-0.39, 0.29) is 35.6 Å². The summed E-state index contributed by atoms with van der Waals surface area (Å²) in [6.07, 6.45) is 2.25. The van der Waals surface area contributed by atoms with Crippen molar-refractivity contribution in [3.8, 4) is 11.6 Å². The van der Waals surface area contributed by atoms with Crippen LogP contribution in [0.2, 0.25) is 0 Å². The number of nitrogens with one attached hydrogen (secondary N) is 2. The summed E-state index contributed by atoms with van der Waals surface area (Å²) >= 11 is 0. The van der Waals surface area contributed by atoms with Crippen LogP contribution < -0.4 is 15.4 Å². The van der Waals surface area contributed by atoms with E-state index in [2.05, 4.69) is 20.6 Å². The minimum absolute atomic E-state index is 0. The molecule has 0 unspecified atom stereocenters. The number of nitrogens with zero attached hydrogens (tertiary/aromatic N) is 2. The number of hydrogen-bond acceptors (Lipinski definition) is 3. The first-order valence-electron chi connectivity index (χ1n) is 9.20. The highest BCUT2D eigenvalue weighted by molar-refractivity contribution is 14.0. The Labute approximate surface area is 191 Å². The molecule has 0 aliphatic heterocycles. The highest BCUT2D eigenvalue weighted by Crippen LogP contribution is 2.19. The van der Waals surface area contributed by atoms with E-state index in [1.807, 2.05) is 12.1 Å². The highest BCUT2D eigenvalue weighted by Gasteiger charge is 2.04. The van der Waals surface area contributed by atoms with Crippen LogP contribution in [0.5, 0.6) is 11.6 Å². The first-order valence-corrected chi connectivity index (χ1v) is 9.20. The number of rotatable bonds is 7. The molecule has 0 fully saturated rings. The van der Waals surface area contributed by atoms with Crippen LogP contribution in [0.25, 0.3) is 0 Å². The first-order chi connectivity index (χ1) is 14.1. The third-order valence-electron chi connectivity index (χ3n) is 4.16. The lowest BCUT2D eigenvalue weighted by Crippen LogP contribution is -2.37. The number of hydrogen-bond donors (Lipinski definition) is 2. The van der Waals surface area contributed by atoms with Gasteiger partial charge >= 0.3 is 0 Å². The van der Waals surface area contributed by atoms with Crippen LogP contribution >= 0.6 is 24.0 Å². The third kappa shape index (κ3) is 7.25. The molecule has 0 saturated heterocycles. The average molecular weight is 524 g/mol. The number of halogens is 3. The molecule has 0 aliphatic rings. The lowest BCUT2D eigenvalue weighted by Gasteiger charge is -2.12. The SMILES string of the molecule is CN=C(NCCc1ccccc1F)NCc1ccc(Oc2ccc(F)cc2)nc1.I. The van der Waals surface area contributed by atoms with E-state index in [1.165, 1.54) is 18.2 Å². The minimum atomic E-state index is -0.317. The fourth-order valence-corrected chi connectivity index (χ4v) is 2.62. The summed E-state index contributed by atoms with van der Waals surface area (Å²) in [5.74, 6) is 1.04. The Bertz CT molecular complexity index is 950. The van der Waals surface area contributed by atoms with Gasteiger partial charge in [-0.2, -0.15) is 0 Å². The van der Waals surface area contributed by atoms with Gasteiger partial charge in [0.1, 0.15) is 17.4 Å². The highest BCUT2D eigenvalue weighted by atomic mass is 127. The summed E-state index contributed by atoms with van der Waals surface area (Å²) < 4.78 is 32.2. The molecule has 2 N–H and O–H groups in total. The zero-order valence-corrected chi connectivity index (χ0v) is 18.8. The van der Waals surface area contributed by atoms with Gasteiger partial charge in [0.15, 0.2) is 5.96 Å². The third-order valence-corrected chi connectivity index (χ3v) is 4.16. The average Bonchev–Trinajstić information content (AvgIpc) is 2.74. The molecule has 158 valence electrons. The number of guanidine groups is 1. The molecular weight excluding hydrogens is 501 g/mol. The summed E-state index contributed by atoms with van der Waals surface area (Å²) in [6, 6.07) is 16.1. The lowest BCUT2D eigenvalue weighted by atomic mass is 10.1. The largest absolute Gasteiger partial charge is 0.439 e. The molecule has 0 radical (unpaired) electrons. The van der Waals surface area contributed by atoms with Gasteiger partial charge < -0.3 is 15.4 Å². The van der Waals surface area contributed by atoms with Crippen molar-refractivity contribution in [1.82, 2.24) is 15.6 Å².